The summed E-state index contributed by atoms with van der Waals surface area (Å²) in [6.45, 7) is 18.2. The van der Waals surface area contributed by atoms with E-state index in [1.165, 1.54) is 12.1 Å². The number of benzene rings is 1. The number of hydrogen-bond acceptors (Lipinski definition) is 8. The molecule has 0 aliphatic heterocycles. The van der Waals surface area contributed by atoms with Gasteiger partial charge in [-0.1, -0.05) is 68.4 Å². The van der Waals surface area contributed by atoms with Gasteiger partial charge in [-0.2, -0.15) is 0 Å². The van der Waals surface area contributed by atoms with Crippen molar-refractivity contribution in [1.29, 1.82) is 0 Å². The highest BCUT2D eigenvalue weighted by Crippen LogP contribution is 2.38. The number of esters is 3. The lowest BCUT2D eigenvalue weighted by Gasteiger charge is -2.32. The first-order chi connectivity index (χ1) is 18.0. The van der Waals surface area contributed by atoms with E-state index in [9.17, 15) is 24.3 Å². The molecule has 0 amide bonds. The third-order valence-electron chi connectivity index (χ3n) is 7.81. The van der Waals surface area contributed by atoms with E-state index in [0.29, 0.717) is 12.0 Å². The van der Waals surface area contributed by atoms with Crippen LogP contribution in [0.15, 0.2) is 18.2 Å². The predicted octanol–water partition coefficient (Wildman–Crippen LogP) is 5.19. The van der Waals surface area contributed by atoms with Gasteiger partial charge < -0.3 is 25.1 Å². The number of rotatable bonds is 14. The van der Waals surface area contributed by atoms with Crippen molar-refractivity contribution in [1.82, 2.24) is 0 Å². The van der Waals surface area contributed by atoms with Crippen LogP contribution in [0.25, 0.3) is 0 Å². The molecule has 0 aliphatic rings. The lowest BCUT2D eigenvalue weighted by Crippen LogP contribution is -2.43. The van der Waals surface area contributed by atoms with Crippen LogP contribution in [0.5, 0.6) is 11.5 Å². The topological polar surface area (TPSA) is 142 Å². The Morgan fingerprint density at radius 1 is 0.795 bits per heavy atom. The highest BCUT2D eigenvalue weighted by atomic mass is 16.6. The van der Waals surface area contributed by atoms with Crippen molar-refractivity contribution in [3.63, 3.8) is 0 Å². The molecule has 0 radical (unpaired) electrons. The molecule has 0 saturated carbocycles. The molecule has 0 bridgehead atoms. The number of carboxylic acids is 1. The molecule has 0 saturated heterocycles. The minimum atomic E-state index is -1.35. The Bertz CT molecular complexity index is 1000. The number of nitrogens with two attached hydrogens (primary N) is 1. The Morgan fingerprint density at radius 3 is 1.72 bits per heavy atom. The molecule has 39 heavy (non-hydrogen) atoms. The fourth-order valence-corrected chi connectivity index (χ4v) is 3.70. The zero-order valence-corrected chi connectivity index (χ0v) is 25.0. The molecular weight excluding hydrogens is 502 g/mol. The van der Waals surface area contributed by atoms with Crippen LogP contribution < -0.4 is 15.2 Å². The molecule has 1 aromatic carbocycles. The second-order valence-corrected chi connectivity index (χ2v) is 11.3. The molecule has 3 N–H and O–H groups in total. The minimum Gasteiger partial charge on any atom is -0.480 e. The SMILES string of the molecule is CCC(C)C(=O)OC(C)C(C)C(c1ccc(OC(=O)C(C)C(C)C)c(OC(=O)C(C)C(C)C)c1)[C@H](N)C(=O)O. The summed E-state index contributed by atoms with van der Waals surface area (Å²) in [6.07, 6.45) is -0.0461. The van der Waals surface area contributed by atoms with Gasteiger partial charge in [0.15, 0.2) is 11.5 Å². The molecule has 7 atom stereocenters. The van der Waals surface area contributed by atoms with Gasteiger partial charge in [-0.05, 0) is 42.9 Å². The quantitative estimate of drug-likeness (QED) is 0.237. The zero-order chi connectivity index (χ0) is 30.2. The summed E-state index contributed by atoms with van der Waals surface area (Å²) in [5.41, 5.74) is 6.59. The van der Waals surface area contributed by atoms with E-state index in [1.54, 1.807) is 40.7 Å². The van der Waals surface area contributed by atoms with Crippen LogP contribution in [0.2, 0.25) is 0 Å². The van der Waals surface area contributed by atoms with E-state index in [4.69, 9.17) is 19.9 Å². The predicted molar refractivity (Wildman–Crippen MR) is 148 cm³/mol. The van der Waals surface area contributed by atoms with Gasteiger partial charge in [-0.15, -0.1) is 0 Å². The number of carboxylic acid groups (broad SMARTS) is 1. The molecule has 0 spiro atoms. The van der Waals surface area contributed by atoms with E-state index in [-0.39, 0.29) is 35.2 Å². The summed E-state index contributed by atoms with van der Waals surface area (Å²) < 4.78 is 17.0. The zero-order valence-electron chi connectivity index (χ0n) is 25.0. The third kappa shape index (κ3) is 9.34. The number of hydrogen-bond donors (Lipinski definition) is 2. The fraction of sp³-hybridized carbons (Fsp3) is 0.667. The van der Waals surface area contributed by atoms with Crippen LogP contribution in [0.3, 0.4) is 0 Å². The van der Waals surface area contributed by atoms with E-state index < -0.39 is 53.7 Å². The van der Waals surface area contributed by atoms with Crippen molar-refractivity contribution in [2.45, 2.75) is 93.7 Å². The van der Waals surface area contributed by atoms with E-state index in [0.717, 1.165) is 0 Å². The van der Waals surface area contributed by atoms with Crippen molar-refractivity contribution in [2.75, 3.05) is 0 Å². The van der Waals surface area contributed by atoms with E-state index in [1.807, 2.05) is 34.6 Å². The Kier molecular flexibility index (Phi) is 13.1. The van der Waals surface area contributed by atoms with Crippen LogP contribution in [0.4, 0.5) is 0 Å². The average molecular weight is 550 g/mol. The van der Waals surface area contributed by atoms with Crippen molar-refractivity contribution >= 4 is 23.9 Å². The van der Waals surface area contributed by atoms with Crippen LogP contribution in [0.1, 0.15) is 87.1 Å². The molecule has 1 rings (SSSR count). The molecule has 220 valence electrons. The van der Waals surface area contributed by atoms with Gasteiger partial charge in [-0.25, -0.2) is 0 Å². The third-order valence-corrected chi connectivity index (χ3v) is 7.81. The second kappa shape index (κ2) is 15.0. The summed E-state index contributed by atoms with van der Waals surface area (Å²) in [5.74, 6) is -5.02. The highest BCUT2D eigenvalue weighted by molar-refractivity contribution is 5.79. The van der Waals surface area contributed by atoms with Gasteiger partial charge in [0.05, 0.1) is 17.8 Å². The molecule has 9 nitrogen and oxygen atoms in total. The van der Waals surface area contributed by atoms with Crippen LogP contribution in [-0.2, 0) is 23.9 Å². The largest absolute Gasteiger partial charge is 0.480 e. The van der Waals surface area contributed by atoms with Crippen molar-refractivity contribution in [3.05, 3.63) is 23.8 Å². The lowest BCUT2D eigenvalue weighted by atomic mass is 9.79. The van der Waals surface area contributed by atoms with Gasteiger partial charge in [0, 0.05) is 11.8 Å². The molecule has 9 heteroatoms. The van der Waals surface area contributed by atoms with E-state index in [2.05, 4.69) is 0 Å². The minimum absolute atomic E-state index is 0.00176. The first-order valence-electron chi connectivity index (χ1n) is 13.8. The van der Waals surface area contributed by atoms with Gasteiger partial charge in [-0.3, -0.25) is 19.2 Å². The van der Waals surface area contributed by atoms with Gasteiger partial charge in [0.1, 0.15) is 12.1 Å². The average Bonchev–Trinajstić information content (AvgIpc) is 2.87. The molecule has 0 aliphatic carbocycles. The Labute approximate surface area is 232 Å². The fourth-order valence-electron chi connectivity index (χ4n) is 3.70. The molecule has 1 aromatic rings. The Morgan fingerprint density at radius 2 is 1.28 bits per heavy atom. The first-order valence-corrected chi connectivity index (χ1v) is 13.8. The van der Waals surface area contributed by atoms with Crippen molar-refractivity contribution < 1.29 is 38.5 Å². The Hall–Kier alpha value is -2.94. The maximum atomic E-state index is 12.9. The van der Waals surface area contributed by atoms with Crippen LogP contribution in [0, 0.1) is 35.5 Å². The summed E-state index contributed by atoms with van der Waals surface area (Å²) >= 11 is 0. The Balaban J connectivity index is 3.56. The van der Waals surface area contributed by atoms with E-state index >= 15 is 0 Å². The lowest BCUT2D eigenvalue weighted by molar-refractivity contribution is -0.155. The van der Waals surface area contributed by atoms with Gasteiger partial charge >= 0.3 is 23.9 Å². The number of carbonyl (C=O) groups is 4. The summed E-state index contributed by atoms with van der Waals surface area (Å²) in [4.78, 5) is 50.0. The number of ether oxygens (including phenoxy) is 3. The standard InChI is InChI=1S/C30H47NO8/c1-11-17(6)28(34)37-21(10)20(9)25(26(31)27(32)33)22-12-13-23(38-29(35)18(7)15(2)3)24(14-22)39-30(36)19(8)16(4)5/h12-21,25-26H,11,31H2,1-10H3,(H,32,33)/t17?,18?,19?,20?,21?,25?,26-/m0/s1. The van der Waals surface area contributed by atoms with Crippen molar-refractivity contribution in [3.8, 4) is 11.5 Å². The van der Waals surface area contributed by atoms with Crippen LogP contribution >= 0.6 is 0 Å². The van der Waals surface area contributed by atoms with Crippen molar-refractivity contribution in [2.24, 2.45) is 41.2 Å². The smallest absolute Gasteiger partial charge is 0.321 e. The number of aliphatic carboxylic acids is 1. The van der Waals surface area contributed by atoms with Crippen LogP contribution in [-0.4, -0.2) is 41.1 Å². The molecule has 6 unspecified atom stereocenters. The molecule has 0 aromatic heterocycles. The maximum absolute atomic E-state index is 12.9. The second-order valence-electron chi connectivity index (χ2n) is 11.3. The molecule has 0 heterocycles. The first kappa shape index (κ1) is 34.1. The maximum Gasteiger partial charge on any atom is 0.321 e. The summed E-state index contributed by atoms with van der Waals surface area (Å²) in [6, 6.07) is 3.21. The monoisotopic (exact) mass is 549 g/mol. The summed E-state index contributed by atoms with van der Waals surface area (Å²) in [7, 11) is 0. The van der Waals surface area contributed by atoms with Gasteiger partial charge in [0.25, 0.3) is 0 Å². The normalized spacial score (nSPS) is 16.9. The highest BCUT2D eigenvalue weighted by Gasteiger charge is 2.36. The summed E-state index contributed by atoms with van der Waals surface area (Å²) in [5, 5.41) is 9.80. The molecule has 0 fully saturated rings. The molecular formula is C30H47NO8. The van der Waals surface area contributed by atoms with Gasteiger partial charge in [0.2, 0.25) is 0 Å². The number of carbonyl (C=O) groups excluding carboxylic acids is 3.